The molecule has 81 heavy (non-hydrogen) atoms. The standard InChI is InChI=1S/C27H29FN2O6S.C25H25FN2O5S.C2H5IO.CH2O3.2K.H/c1-3-34-25(33)19-7-6-18(14-21(19)28)36-23-15-20-17(13-22(23)35-11-10-31)5-4-8-27(20,2)16-24(32)30-26-29-9-12-37-26;1-3-32-23(31)17-7-6-16(12-19(17)26)33-21-13-18-15(11-20(21)29)5-4-8-25(18,2)14-22(30)28-24-27-9-10-34-24;3-1-2-4;2-1-4-3;;;/h6-7,9,12-15,31H,3-5,8,10-11,16H2,1-2H3,(H,29,30,32);6-7,9-13,29H,3-5,8,14H2,1-2H3,(H,27,28,30);4H,1-2H2;1,3H;;;/q;;;;2*+1;-1/p-1/t27-;25-;;;;;/m11...../s1. The molecule has 2 aliphatic rings. The first-order chi connectivity index (χ1) is 37.9. The number of fused-ring (bicyclic) bond motifs is 2. The number of thiazole rings is 2. The fourth-order valence-corrected chi connectivity index (χ4v) is 9.97. The first-order valence-electron chi connectivity index (χ1n) is 24.8. The summed E-state index contributed by atoms with van der Waals surface area (Å²) >= 11 is 4.81. The van der Waals surface area contributed by atoms with Gasteiger partial charge >= 0.3 is 115 Å². The van der Waals surface area contributed by atoms with E-state index in [1.807, 2.05) is 26.0 Å². The van der Waals surface area contributed by atoms with E-state index in [1.54, 1.807) is 49.1 Å². The molecule has 0 unspecified atom stereocenters. The van der Waals surface area contributed by atoms with Gasteiger partial charge in [0, 0.05) is 63.4 Å². The Bertz CT molecular complexity index is 3010. The number of halogens is 3. The van der Waals surface area contributed by atoms with Gasteiger partial charge in [-0.25, -0.2) is 28.3 Å². The molecule has 6 aromatic rings. The zero-order chi connectivity index (χ0) is 57.5. The second-order valence-electron chi connectivity index (χ2n) is 18.0. The molecule has 2 heterocycles. The Kier molecular flexibility index (Phi) is 32.1. The molecule has 0 spiro atoms. The van der Waals surface area contributed by atoms with Crippen LogP contribution in [0.3, 0.4) is 0 Å². The fraction of sp³-hybridized carbons (Fsp3) is 0.364. The number of benzene rings is 4. The van der Waals surface area contributed by atoms with E-state index in [1.165, 1.54) is 46.9 Å². The van der Waals surface area contributed by atoms with Crippen LogP contribution in [0.25, 0.3) is 0 Å². The number of alkyl halides is 1. The summed E-state index contributed by atoms with van der Waals surface area (Å²) in [5, 5.41) is 46.5. The van der Waals surface area contributed by atoms with Crippen LogP contribution in [0.5, 0.6) is 34.5 Å². The van der Waals surface area contributed by atoms with Crippen LogP contribution < -0.4 is 133 Å². The number of hydrogen-bond donors (Lipinski definition) is 5. The van der Waals surface area contributed by atoms with Gasteiger partial charge in [0.05, 0.1) is 37.6 Å². The van der Waals surface area contributed by atoms with Gasteiger partial charge in [-0.2, -0.15) is 0 Å². The van der Waals surface area contributed by atoms with Crippen molar-refractivity contribution in [1.82, 2.24) is 9.97 Å². The zero-order valence-corrected chi connectivity index (χ0v) is 55.7. The fourth-order valence-electron chi connectivity index (χ4n) is 8.88. The van der Waals surface area contributed by atoms with Crippen molar-refractivity contribution in [2.24, 2.45) is 0 Å². The molecule has 2 aliphatic carbocycles. The number of anilines is 2. The number of nitrogens with zero attached hydrogens (tertiary/aromatic N) is 2. The minimum atomic E-state index is -0.780. The van der Waals surface area contributed by atoms with Gasteiger partial charge in [0.2, 0.25) is 11.8 Å². The second kappa shape index (κ2) is 36.3. The number of nitrogens with one attached hydrogen (secondary N) is 2. The number of rotatable bonds is 19. The van der Waals surface area contributed by atoms with Crippen molar-refractivity contribution in [3.8, 4) is 34.5 Å². The average molecular weight is 1330 g/mol. The van der Waals surface area contributed by atoms with E-state index in [0.717, 1.165) is 77.3 Å². The third-order valence-electron chi connectivity index (χ3n) is 12.3. The average Bonchev–Trinajstić information content (AvgIpc) is 4.18. The molecule has 2 aromatic heterocycles. The zero-order valence-electron chi connectivity index (χ0n) is 46.6. The number of aryl methyl sites for hydroxylation is 2. The summed E-state index contributed by atoms with van der Waals surface area (Å²) in [6.45, 7) is 7.61. The maximum Gasteiger partial charge on any atom is 1.00 e. The Balaban J connectivity index is 0.000000480. The Morgan fingerprint density at radius 3 is 1.57 bits per heavy atom. The molecule has 0 fully saturated rings. The topological polar surface area (TPSA) is 274 Å². The third kappa shape index (κ3) is 21.5. The van der Waals surface area contributed by atoms with Crippen molar-refractivity contribution < 1.29 is 186 Å². The van der Waals surface area contributed by atoms with Crippen LogP contribution in [0.1, 0.15) is 111 Å². The molecule has 5 N–H and O–H groups in total. The number of aliphatic hydroxyl groups is 2. The van der Waals surface area contributed by atoms with Gasteiger partial charge < -0.3 is 61.2 Å². The number of aromatic nitrogens is 2. The second-order valence-corrected chi connectivity index (χ2v) is 20.9. The molecule has 0 saturated carbocycles. The molecule has 2 atom stereocenters. The third-order valence-corrected chi connectivity index (χ3v) is 14.1. The quantitative estimate of drug-likeness (QED) is 0.0147. The monoisotopic (exact) mass is 1320 g/mol. The van der Waals surface area contributed by atoms with Crippen molar-refractivity contribution in [1.29, 1.82) is 0 Å². The molecule has 2 amide bonds. The molecule has 426 valence electrons. The number of carbonyl (C=O) groups excluding carboxylic acids is 5. The summed E-state index contributed by atoms with van der Waals surface area (Å²) < 4.78 is 57.2. The maximum absolute atomic E-state index is 14.6. The van der Waals surface area contributed by atoms with Crippen LogP contribution in [0, 0.1) is 11.6 Å². The first-order valence-corrected chi connectivity index (χ1v) is 28.1. The summed E-state index contributed by atoms with van der Waals surface area (Å²) in [7, 11) is 0. The molecule has 0 saturated heterocycles. The number of phenolic OH excluding ortho intramolecular Hbond substituents is 1. The van der Waals surface area contributed by atoms with Gasteiger partial charge in [-0.05, 0) is 123 Å². The van der Waals surface area contributed by atoms with Crippen LogP contribution in [0.2, 0.25) is 0 Å². The predicted molar refractivity (Wildman–Crippen MR) is 298 cm³/mol. The van der Waals surface area contributed by atoms with E-state index >= 15 is 0 Å². The van der Waals surface area contributed by atoms with E-state index in [-0.39, 0.29) is 196 Å². The molecule has 0 aliphatic heterocycles. The number of ether oxygens (including phenoxy) is 5. The number of aromatic hydroxyl groups is 1. The molecule has 4 aromatic carbocycles. The van der Waals surface area contributed by atoms with Gasteiger partial charge in [-0.1, -0.05) is 36.4 Å². The van der Waals surface area contributed by atoms with Crippen LogP contribution in [0.4, 0.5) is 19.0 Å². The van der Waals surface area contributed by atoms with Crippen LogP contribution in [-0.2, 0) is 52.4 Å². The smallest absolute Gasteiger partial charge is 1.00 e. The van der Waals surface area contributed by atoms with Gasteiger partial charge in [0.15, 0.2) is 33.3 Å². The Labute approximate surface area is 575 Å². The summed E-state index contributed by atoms with van der Waals surface area (Å²) in [5.74, 6) is -2.24. The molecular weight excluding hydrogens is 1260 g/mol. The number of phenols is 1. The minimum absolute atomic E-state index is 0. The van der Waals surface area contributed by atoms with Crippen molar-refractivity contribution in [2.45, 2.75) is 89.9 Å². The van der Waals surface area contributed by atoms with Crippen molar-refractivity contribution in [2.75, 3.05) is 48.1 Å². The summed E-state index contributed by atoms with van der Waals surface area (Å²) in [5.41, 5.74) is 2.51. The van der Waals surface area contributed by atoms with Crippen LogP contribution in [0.15, 0.2) is 83.8 Å². The molecule has 26 heteroatoms. The first kappa shape index (κ1) is 71.7. The number of aliphatic hydroxyl groups excluding tert-OH is 2. The van der Waals surface area contributed by atoms with E-state index in [0.29, 0.717) is 28.4 Å². The Morgan fingerprint density at radius 2 is 1.17 bits per heavy atom. The molecular formula is C55H61F2IK2N4O15S2. The van der Waals surface area contributed by atoms with Gasteiger partial charge in [-0.3, -0.25) is 14.4 Å². The Morgan fingerprint density at radius 1 is 0.728 bits per heavy atom. The number of carbonyl (C=O) groups is 5. The number of amides is 2. The van der Waals surface area contributed by atoms with Crippen molar-refractivity contribution in [3.63, 3.8) is 0 Å². The minimum Gasteiger partial charge on any atom is -1.00 e. The van der Waals surface area contributed by atoms with Gasteiger partial charge in [-0.15, -0.1) is 22.7 Å². The van der Waals surface area contributed by atoms with Gasteiger partial charge in [0.1, 0.15) is 29.7 Å². The summed E-state index contributed by atoms with van der Waals surface area (Å²) in [6, 6.07) is 14.7. The molecule has 19 nitrogen and oxygen atoms in total. The maximum atomic E-state index is 14.6. The summed E-state index contributed by atoms with van der Waals surface area (Å²) in [4.78, 5) is 68.8. The van der Waals surface area contributed by atoms with Crippen LogP contribution in [-0.4, -0.2) is 93.0 Å². The van der Waals surface area contributed by atoms with Crippen molar-refractivity contribution in [3.05, 3.63) is 129 Å². The Hall–Kier alpha value is -3.57. The molecule has 0 bridgehead atoms. The molecule has 0 radical (unpaired) electrons. The largest absolute Gasteiger partial charge is 1.00 e. The van der Waals surface area contributed by atoms with Crippen LogP contribution >= 0.6 is 45.3 Å². The van der Waals surface area contributed by atoms with Crippen molar-refractivity contribution >= 4 is 85.8 Å². The van der Waals surface area contributed by atoms with E-state index < -0.39 is 34.4 Å². The number of hydrogen-bond acceptors (Lipinski definition) is 19. The molecule has 8 rings (SSSR count). The van der Waals surface area contributed by atoms with E-state index in [9.17, 15) is 38.2 Å². The summed E-state index contributed by atoms with van der Waals surface area (Å²) in [6.07, 6.45) is 8.70. The van der Waals surface area contributed by atoms with E-state index in [2.05, 4.69) is 48.1 Å². The SMILES string of the molecule is CCOC(=O)c1ccc(Oc2cc3c(cc2O)CCC[C@]3(C)CC(=O)Nc2nccs2)cc1F.CCOC(=O)c1ccc(Oc2cc3c(cc2OCCO)CCC[C@]3(C)CC(=O)Nc2nccs2)cc1F.O=CO[O-].OCCI.[H-].[K+].[K+]. The normalized spacial score (nSPS) is 15.3. The number of esters is 2. The van der Waals surface area contributed by atoms with E-state index in [4.69, 9.17) is 38.8 Å². The predicted octanol–water partition coefficient (Wildman–Crippen LogP) is 3.79. The van der Waals surface area contributed by atoms with Gasteiger partial charge in [0.25, 0.3) is 6.47 Å².